The van der Waals surface area contributed by atoms with Crippen molar-refractivity contribution in [3.8, 4) is 0 Å². The molecular formula is C18H23N3O2. The zero-order valence-corrected chi connectivity index (χ0v) is 13.3. The van der Waals surface area contributed by atoms with Crippen molar-refractivity contribution >= 4 is 18.0 Å². The van der Waals surface area contributed by atoms with E-state index in [2.05, 4.69) is 24.0 Å². The Kier molecular flexibility index (Phi) is 4.65. The molecule has 2 aliphatic rings. The van der Waals surface area contributed by atoms with Crippen molar-refractivity contribution in [1.82, 2.24) is 15.1 Å². The molecule has 0 unspecified atom stereocenters. The first-order valence-corrected chi connectivity index (χ1v) is 8.21. The molecule has 2 saturated heterocycles. The smallest absolute Gasteiger partial charge is 0.317 e. The highest BCUT2D eigenvalue weighted by Gasteiger charge is 2.38. The summed E-state index contributed by atoms with van der Waals surface area (Å²) in [6, 6.07) is 8.36. The van der Waals surface area contributed by atoms with Crippen LogP contribution in [0, 0.1) is 0 Å². The lowest BCUT2D eigenvalue weighted by Gasteiger charge is -2.43. The second-order valence-corrected chi connectivity index (χ2v) is 6.18. The van der Waals surface area contributed by atoms with Gasteiger partial charge in [-0.2, -0.15) is 0 Å². The molecule has 0 atom stereocenters. The summed E-state index contributed by atoms with van der Waals surface area (Å²) in [6.07, 6.45) is 4.24. The number of amides is 3. The molecule has 23 heavy (non-hydrogen) atoms. The van der Waals surface area contributed by atoms with Crippen molar-refractivity contribution in [2.75, 3.05) is 26.2 Å². The molecule has 1 N–H and O–H groups in total. The number of hydrogen-bond acceptors (Lipinski definition) is 2. The van der Waals surface area contributed by atoms with E-state index in [-0.39, 0.29) is 18.0 Å². The van der Waals surface area contributed by atoms with Crippen LogP contribution < -0.4 is 5.32 Å². The minimum atomic E-state index is -0.0318. The van der Waals surface area contributed by atoms with Gasteiger partial charge in [-0.25, -0.2) is 4.79 Å². The van der Waals surface area contributed by atoms with Crippen molar-refractivity contribution in [3.63, 3.8) is 0 Å². The first-order chi connectivity index (χ1) is 11.2. The Hall–Kier alpha value is -2.30. The number of carbonyl (C=O) groups is 2. The van der Waals surface area contributed by atoms with E-state index in [0.29, 0.717) is 26.1 Å². The lowest BCUT2D eigenvalue weighted by Crippen LogP contribution is -2.63. The fourth-order valence-corrected chi connectivity index (χ4v) is 3.12. The fourth-order valence-electron chi connectivity index (χ4n) is 3.12. The van der Waals surface area contributed by atoms with Crippen molar-refractivity contribution in [2.24, 2.45) is 0 Å². The summed E-state index contributed by atoms with van der Waals surface area (Å²) in [4.78, 5) is 27.4. The van der Waals surface area contributed by atoms with Gasteiger partial charge in [-0.05, 0) is 24.0 Å². The summed E-state index contributed by atoms with van der Waals surface area (Å²) in [5, 5.41) is 2.95. The molecule has 3 amide bonds. The van der Waals surface area contributed by atoms with E-state index in [1.54, 1.807) is 4.90 Å². The monoisotopic (exact) mass is 313 g/mol. The van der Waals surface area contributed by atoms with Crippen LogP contribution in [0.25, 0.3) is 6.08 Å². The zero-order chi connectivity index (χ0) is 16.2. The highest BCUT2D eigenvalue weighted by atomic mass is 16.2. The minimum absolute atomic E-state index is 0.0318. The number of rotatable bonds is 5. The van der Waals surface area contributed by atoms with E-state index in [0.717, 1.165) is 24.9 Å². The van der Waals surface area contributed by atoms with Crippen LogP contribution in [0.1, 0.15) is 24.0 Å². The second kappa shape index (κ2) is 6.86. The summed E-state index contributed by atoms with van der Waals surface area (Å²) in [7, 11) is 0. The second-order valence-electron chi connectivity index (χ2n) is 6.18. The van der Waals surface area contributed by atoms with Crippen LogP contribution in [-0.2, 0) is 11.2 Å². The Morgan fingerprint density at radius 2 is 2.04 bits per heavy atom. The average molecular weight is 313 g/mol. The van der Waals surface area contributed by atoms with Crippen LogP contribution >= 0.6 is 0 Å². The van der Waals surface area contributed by atoms with E-state index >= 15 is 0 Å². The van der Waals surface area contributed by atoms with Gasteiger partial charge in [-0.3, -0.25) is 4.79 Å². The van der Waals surface area contributed by atoms with Crippen LogP contribution in [0.4, 0.5) is 4.79 Å². The average Bonchev–Trinajstić information content (AvgIpc) is 2.93. The highest BCUT2D eigenvalue weighted by molar-refractivity contribution is 5.80. The lowest BCUT2D eigenvalue weighted by atomic mass is 10.1. The zero-order valence-electron chi connectivity index (χ0n) is 13.3. The third kappa shape index (κ3) is 3.55. The Bertz CT molecular complexity index is 591. The maximum atomic E-state index is 12.1. The molecule has 0 saturated carbocycles. The van der Waals surface area contributed by atoms with Crippen LogP contribution in [0.3, 0.4) is 0 Å². The molecule has 2 fully saturated rings. The first kappa shape index (κ1) is 15.6. The maximum Gasteiger partial charge on any atom is 0.317 e. The highest BCUT2D eigenvalue weighted by Crippen LogP contribution is 2.21. The van der Waals surface area contributed by atoms with Gasteiger partial charge < -0.3 is 15.1 Å². The van der Waals surface area contributed by atoms with E-state index in [1.165, 1.54) is 5.56 Å². The van der Waals surface area contributed by atoms with Gasteiger partial charge >= 0.3 is 6.03 Å². The van der Waals surface area contributed by atoms with Gasteiger partial charge in [0.2, 0.25) is 5.91 Å². The molecule has 2 aliphatic heterocycles. The summed E-state index contributed by atoms with van der Waals surface area (Å²) < 4.78 is 0. The SMILES string of the molecule is C=Cc1ccc(CCNC(=O)N2CC(N3CCCC3=O)C2)cc1. The van der Waals surface area contributed by atoms with Gasteiger partial charge in [-0.15, -0.1) is 0 Å². The Morgan fingerprint density at radius 3 is 2.65 bits per heavy atom. The first-order valence-electron chi connectivity index (χ1n) is 8.21. The molecule has 5 nitrogen and oxygen atoms in total. The predicted molar refractivity (Wildman–Crippen MR) is 89.9 cm³/mol. The predicted octanol–water partition coefficient (Wildman–Crippen LogP) is 1.89. The summed E-state index contributed by atoms with van der Waals surface area (Å²) in [5.41, 5.74) is 2.29. The third-order valence-electron chi connectivity index (χ3n) is 4.61. The summed E-state index contributed by atoms with van der Waals surface area (Å²) in [6.45, 7) is 6.52. The quantitative estimate of drug-likeness (QED) is 0.902. The number of likely N-dealkylation sites (tertiary alicyclic amines) is 2. The molecule has 5 heteroatoms. The maximum absolute atomic E-state index is 12.1. The van der Waals surface area contributed by atoms with Gasteiger partial charge in [0.1, 0.15) is 0 Å². The Balaban J connectivity index is 1.37. The number of carbonyl (C=O) groups excluding carboxylic acids is 2. The summed E-state index contributed by atoms with van der Waals surface area (Å²) in [5.74, 6) is 0.234. The van der Waals surface area contributed by atoms with Gasteiger partial charge in [-0.1, -0.05) is 36.9 Å². The molecule has 0 radical (unpaired) electrons. The van der Waals surface area contributed by atoms with Gasteiger partial charge in [0, 0.05) is 32.6 Å². The molecule has 0 bridgehead atoms. The van der Waals surface area contributed by atoms with Crippen molar-refractivity contribution < 1.29 is 9.59 Å². The fraction of sp³-hybridized carbons (Fsp3) is 0.444. The molecule has 1 aromatic rings. The van der Waals surface area contributed by atoms with Crippen LogP contribution in [0.5, 0.6) is 0 Å². The van der Waals surface area contributed by atoms with Crippen molar-refractivity contribution in [3.05, 3.63) is 42.0 Å². The molecule has 1 aromatic carbocycles. The standard InChI is InChI=1S/C18H23N3O2/c1-2-14-5-7-15(8-6-14)9-10-19-18(23)20-12-16(13-20)21-11-3-4-17(21)22/h2,5-8,16H,1,3-4,9-13H2,(H,19,23). The Labute approximate surface area is 137 Å². The van der Waals surface area contributed by atoms with Crippen molar-refractivity contribution in [2.45, 2.75) is 25.3 Å². The van der Waals surface area contributed by atoms with E-state index in [4.69, 9.17) is 0 Å². The topological polar surface area (TPSA) is 52.7 Å². The van der Waals surface area contributed by atoms with E-state index < -0.39 is 0 Å². The molecule has 0 aromatic heterocycles. The minimum Gasteiger partial charge on any atom is -0.338 e. The van der Waals surface area contributed by atoms with Gasteiger partial charge in [0.15, 0.2) is 0 Å². The van der Waals surface area contributed by atoms with Gasteiger partial charge in [0.05, 0.1) is 6.04 Å². The molecular weight excluding hydrogens is 290 g/mol. The molecule has 2 heterocycles. The number of urea groups is 1. The largest absolute Gasteiger partial charge is 0.338 e. The molecule has 0 aliphatic carbocycles. The Morgan fingerprint density at radius 1 is 1.30 bits per heavy atom. The van der Waals surface area contributed by atoms with E-state index in [9.17, 15) is 9.59 Å². The van der Waals surface area contributed by atoms with Crippen molar-refractivity contribution in [1.29, 1.82) is 0 Å². The molecule has 122 valence electrons. The number of benzene rings is 1. The van der Waals surface area contributed by atoms with Crippen LogP contribution in [-0.4, -0.2) is 54.0 Å². The van der Waals surface area contributed by atoms with Crippen LogP contribution in [0.15, 0.2) is 30.8 Å². The molecule has 3 rings (SSSR count). The number of nitrogens with one attached hydrogen (secondary N) is 1. The molecule has 0 spiro atoms. The normalized spacial score (nSPS) is 18.0. The van der Waals surface area contributed by atoms with E-state index in [1.807, 2.05) is 23.1 Å². The van der Waals surface area contributed by atoms with Crippen LogP contribution in [0.2, 0.25) is 0 Å². The third-order valence-corrected chi connectivity index (χ3v) is 4.61. The lowest BCUT2D eigenvalue weighted by molar-refractivity contribution is -0.132. The number of nitrogens with zero attached hydrogens (tertiary/aromatic N) is 2. The van der Waals surface area contributed by atoms with Gasteiger partial charge in [0.25, 0.3) is 0 Å². The summed E-state index contributed by atoms with van der Waals surface area (Å²) >= 11 is 0. The number of hydrogen-bond donors (Lipinski definition) is 1.